The monoisotopic (exact) mass is 345 g/mol. The van der Waals surface area contributed by atoms with E-state index in [2.05, 4.69) is 5.32 Å². The summed E-state index contributed by atoms with van der Waals surface area (Å²) >= 11 is 18.3. The van der Waals surface area contributed by atoms with Gasteiger partial charge in [-0.25, -0.2) is 4.39 Å². The van der Waals surface area contributed by atoms with Crippen LogP contribution in [0.5, 0.6) is 0 Å². The lowest BCUT2D eigenvalue weighted by Gasteiger charge is -2.16. The van der Waals surface area contributed by atoms with E-state index >= 15 is 0 Å². The third kappa shape index (κ3) is 3.89. The molecular weight excluding hydrogens is 332 g/mol. The zero-order valence-corrected chi connectivity index (χ0v) is 14.0. The Hall–Kier alpha value is -0.800. The first-order chi connectivity index (χ1) is 9.90. The Balaban J connectivity index is 2.12. The molecule has 0 aliphatic heterocycles. The van der Waals surface area contributed by atoms with Crippen molar-refractivity contribution >= 4 is 34.8 Å². The van der Waals surface area contributed by atoms with E-state index in [1.807, 2.05) is 13.0 Å². The van der Waals surface area contributed by atoms with Crippen molar-refractivity contribution in [2.75, 3.05) is 0 Å². The summed E-state index contributed by atoms with van der Waals surface area (Å²) in [5, 5.41) is 4.74. The fourth-order valence-electron chi connectivity index (χ4n) is 1.98. The van der Waals surface area contributed by atoms with Gasteiger partial charge in [0.05, 0.1) is 10.0 Å². The molecule has 21 heavy (non-hydrogen) atoms. The molecule has 5 heteroatoms. The fourth-order valence-corrected chi connectivity index (χ4v) is 2.66. The molecule has 0 aromatic heterocycles. The second kappa shape index (κ2) is 6.97. The van der Waals surface area contributed by atoms with Gasteiger partial charge in [0.25, 0.3) is 0 Å². The van der Waals surface area contributed by atoms with E-state index in [4.69, 9.17) is 34.8 Å². The lowest BCUT2D eigenvalue weighted by Crippen LogP contribution is -2.18. The largest absolute Gasteiger partial charge is 0.306 e. The van der Waals surface area contributed by atoms with Gasteiger partial charge in [-0.1, -0.05) is 46.9 Å². The molecule has 0 aliphatic carbocycles. The van der Waals surface area contributed by atoms with Crippen LogP contribution in [0.4, 0.5) is 4.39 Å². The Morgan fingerprint density at radius 2 is 1.76 bits per heavy atom. The average molecular weight is 347 g/mol. The third-order valence-electron chi connectivity index (χ3n) is 3.42. The lowest BCUT2D eigenvalue weighted by atomic mass is 10.1. The summed E-state index contributed by atoms with van der Waals surface area (Å²) in [6.07, 6.45) is 0. The summed E-state index contributed by atoms with van der Waals surface area (Å²) in [5.41, 5.74) is 2.24. The molecule has 0 spiro atoms. The molecule has 0 amide bonds. The molecule has 0 heterocycles. The van der Waals surface area contributed by atoms with Crippen molar-refractivity contribution in [2.45, 2.75) is 26.4 Å². The normalized spacial score (nSPS) is 12.5. The first-order valence-corrected chi connectivity index (χ1v) is 7.65. The van der Waals surface area contributed by atoms with Crippen molar-refractivity contribution in [3.05, 3.63) is 67.9 Å². The first kappa shape index (κ1) is 16.6. The summed E-state index contributed by atoms with van der Waals surface area (Å²) in [4.78, 5) is 0. The third-order valence-corrected chi connectivity index (χ3v) is 4.62. The quantitative estimate of drug-likeness (QED) is 0.675. The summed E-state index contributed by atoms with van der Waals surface area (Å²) < 4.78 is 13.6. The minimum absolute atomic E-state index is 0.0359. The van der Waals surface area contributed by atoms with Crippen LogP contribution in [-0.4, -0.2) is 0 Å². The molecule has 2 rings (SSSR count). The van der Waals surface area contributed by atoms with Gasteiger partial charge < -0.3 is 5.32 Å². The van der Waals surface area contributed by atoms with Crippen LogP contribution in [0.15, 0.2) is 30.3 Å². The molecule has 112 valence electrons. The maximum atomic E-state index is 13.6. The minimum atomic E-state index is -0.208. The Kier molecular flexibility index (Phi) is 5.50. The number of nitrogens with one attached hydrogen (secondary N) is 1. The SMILES string of the molecule is Cc1ccc(C(C)NCc2c(Cl)ccc(Cl)c2Cl)cc1F. The average Bonchev–Trinajstić information content (AvgIpc) is 2.45. The first-order valence-electron chi connectivity index (χ1n) is 6.52. The van der Waals surface area contributed by atoms with E-state index in [0.29, 0.717) is 27.2 Å². The molecule has 1 atom stereocenters. The number of hydrogen-bond donors (Lipinski definition) is 1. The Morgan fingerprint density at radius 3 is 2.43 bits per heavy atom. The number of aryl methyl sites for hydroxylation is 1. The Morgan fingerprint density at radius 1 is 1.10 bits per heavy atom. The van der Waals surface area contributed by atoms with Gasteiger partial charge in [0, 0.05) is 23.2 Å². The predicted molar refractivity (Wildman–Crippen MR) is 87.9 cm³/mol. The van der Waals surface area contributed by atoms with E-state index < -0.39 is 0 Å². The summed E-state index contributed by atoms with van der Waals surface area (Å²) in [6.45, 7) is 4.15. The van der Waals surface area contributed by atoms with Gasteiger partial charge in [-0.2, -0.15) is 0 Å². The van der Waals surface area contributed by atoms with Gasteiger partial charge in [-0.3, -0.25) is 0 Å². The highest BCUT2D eigenvalue weighted by Gasteiger charge is 2.12. The van der Waals surface area contributed by atoms with Gasteiger partial charge in [0.2, 0.25) is 0 Å². The van der Waals surface area contributed by atoms with Crippen molar-refractivity contribution in [3.8, 4) is 0 Å². The molecule has 1 nitrogen and oxygen atoms in total. The van der Waals surface area contributed by atoms with Crippen LogP contribution in [-0.2, 0) is 6.54 Å². The Labute approximate surface area is 139 Å². The molecule has 1 unspecified atom stereocenters. The van der Waals surface area contributed by atoms with Crippen LogP contribution in [0, 0.1) is 12.7 Å². The zero-order valence-electron chi connectivity index (χ0n) is 11.7. The van der Waals surface area contributed by atoms with Crippen LogP contribution in [0.25, 0.3) is 0 Å². The van der Waals surface area contributed by atoms with Crippen LogP contribution in [0.1, 0.15) is 29.7 Å². The molecular formula is C16H15Cl3FN. The van der Waals surface area contributed by atoms with Gasteiger partial charge in [0.1, 0.15) is 5.82 Å². The van der Waals surface area contributed by atoms with E-state index in [-0.39, 0.29) is 11.9 Å². The molecule has 0 fully saturated rings. The number of rotatable bonds is 4. The standard InChI is InChI=1S/C16H15Cl3FN/c1-9-3-4-11(7-15(9)20)10(2)21-8-12-13(17)5-6-14(18)16(12)19/h3-7,10,21H,8H2,1-2H3. The van der Waals surface area contributed by atoms with E-state index in [0.717, 1.165) is 11.1 Å². The van der Waals surface area contributed by atoms with Gasteiger partial charge in [0.15, 0.2) is 0 Å². The van der Waals surface area contributed by atoms with Gasteiger partial charge in [-0.15, -0.1) is 0 Å². The maximum absolute atomic E-state index is 13.6. The number of benzene rings is 2. The molecule has 0 bridgehead atoms. The lowest BCUT2D eigenvalue weighted by molar-refractivity contribution is 0.563. The molecule has 2 aromatic rings. The smallest absolute Gasteiger partial charge is 0.126 e. The van der Waals surface area contributed by atoms with Crippen molar-refractivity contribution in [3.63, 3.8) is 0 Å². The Bertz CT molecular complexity index is 658. The highest BCUT2D eigenvalue weighted by Crippen LogP contribution is 2.31. The molecule has 0 radical (unpaired) electrons. The molecule has 2 aromatic carbocycles. The van der Waals surface area contributed by atoms with Crippen molar-refractivity contribution in [2.24, 2.45) is 0 Å². The zero-order chi connectivity index (χ0) is 15.6. The molecule has 0 aliphatic rings. The summed E-state index contributed by atoms with van der Waals surface area (Å²) in [5.74, 6) is -0.208. The topological polar surface area (TPSA) is 12.0 Å². The van der Waals surface area contributed by atoms with Crippen LogP contribution in [0.3, 0.4) is 0 Å². The van der Waals surface area contributed by atoms with Crippen molar-refractivity contribution in [1.82, 2.24) is 5.32 Å². The molecule has 0 saturated heterocycles. The van der Waals surface area contributed by atoms with Crippen LogP contribution >= 0.6 is 34.8 Å². The van der Waals surface area contributed by atoms with Crippen LogP contribution in [0.2, 0.25) is 15.1 Å². The minimum Gasteiger partial charge on any atom is -0.306 e. The second-order valence-electron chi connectivity index (χ2n) is 4.93. The fraction of sp³-hybridized carbons (Fsp3) is 0.250. The van der Waals surface area contributed by atoms with Gasteiger partial charge in [-0.05, 0) is 43.2 Å². The van der Waals surface area contributed by atoms with Crippen molar-refractivity contribution < 1.29 is 4.39 Å². The summed E-state index contributed by atoms with van der Waals surface area (Å²) in [6, 6.07) is 8.54. The number of hydrogen-bond acceptors (Lipinski definition) is 1. The predicted octanol–water partition coefficient (Wildman–Crippen LogP) is 5.95. The highest BCUT2D eigenvalue weighted by atomic mass is 35.5. The summed E-state index contributed by atoms with van der Waals surface area (Å²) in [7, 11) is 0. The maximum Gasteiger partial charge on any atom is 0.126 e. The second-order valence-corrected chi connectivity index (χ2v) is 6.13. The van der Waals surface area contributed by atoms with Gasteiger partial charge >= 0.3 is 0 Å². The molecule has 1 N–H and O–H groups in total. The number of halogens is 4. The highest BCUT2D eigenvalue weighted by molar-refractivity contribution is 6.44. The van der Waals surface area contributed by atoms with Crippen LogP contribution < -0.4 is 5.32 Å². The van der Waals surface area contributed by atoms with E-state index in [1.54, 1.807) is 25.1 Å². The van der Waals surface area contributed by atoms with E-state index in [1.165, 1.54) is 6.07 Å². The molecule has 0 saturated carbocycles. The van der Waals surface area contributed by atoms with E-state index in [9.17, 15) is 4.39 Å². The van der Waals surface area contributed by atoms with Crippen molar-refractivity contribution in [1.29, 1.82) is 0 Å².